The average Bonchev–Trinajstić information content (AvgIpc) is 3.94. The van der Waals surface area contributed by atoms with E-state index in [2.05, 4.69) is 42.1 Å². The lowest BCUT2D eigenvalue weighted by molar-refractivity contribution is -0.176. The Morgan fingerprint density at radius 3 is 0.917 bits per heavy atom. The van der Waals surface area contributed by atoms with E-state index in [1.54, 1.807) is 33.6 Å². The van der Waals surface area contributed by atoms with Gasteiger partial charge in [0.1, 0.15) is 24.2 Å². The van der Waals surface area contributed by atoms with Crippen LogP contribution in [0.5, 0.6) is 0 Å². The lowest BCUT2D eigenvalue weighted by Crippen LogP contribution is -2.55. The first-order valence-corrected chi connectivity index (χ1v) is 30.4. The second-order valence-corrected chi connectivity index (χ2v) is 25.7. The van der Waals surface area contributed by atoms with Gasteiger partial charge in [-0.25, -0.2) is 19.2 Å². The molecule has 0 bridgehead atoms. The maximum atomic E-state index is 15.0. The van der Waals surface area contributed by atoms with Gasteiger partial charge in [-0.05, 0) is 131 Å². The van der Waals surface area contributed by atoms with Gasteiger partial charge in [0.15, 0.2) is 24.4 Å². The highest BCUT2D eigenvalue weighted by molar-refractivity contribution is 9.10. The van der Waals surface area contributed by atoms with Gasteiger partial charge in [0, 0.05) is 53.4 Å². The van der Waals surface area contributed by atoms with Crippen LogP contribution in [0.15, 0.2) is 69.9 Å². The van der Waals surface area contributed by atoms with Crippen LogP contribution in [0.25, 0.3) is 0 Å². The molecule has 22 heteroatoms. The topological polar surface area (TPSA) is 222 Å². The summed E-state index contributed by atoms with van der Waals surface area (Å²) >= 11 is 7.01. The Kier molecular flexibility index (Phi) is 24.9. The first kappa shape index (κ1) is 68.4. The van der Waals surface area contributed by atoms with Gasteiger partial charge in [0.2, 0.25) is 0 Å². The third kappa shape index (κ3) is 18.8. The fourth-order valence-corrected chi connectivity index (χ4v) is 10.6. The molecule has 1 saturated heterocycles. The minimum Gasteiger partial charge on any atom is -0.451 e. The Labute approximate surface area is 511 Å². The van der Waals surface area contributed by atoms with Crippen LogP contribution in [0, 0.1) is 37.5 Å². The van der Waals surface area contributed by atoms with Crippen LogP contribution in [0.4, 0.5) is 0 Å². The van der Waals surface area contributed by atoms with Crippen LogP contribution < -0.4 is 0 Å². The molecule has 0 radical (unpaired) electrons. The number of carbonyl (C=O) groups excluding carboxylic acids is 8. The zero-order valence-electron chi connectivity index (χ0n) is 51.6. The number of esters is 4. The van der Waals surface area contributed by atoms with Gasteiger partial charge in [-0.1, -0.05) is 104 Å². The summed E-state index contributed by atoms with van der Waals surface area (Å²) in [5.74, 6) is -7.47. The molecule has 1 fully saturated rings. The number of carbonyl (C=O) groups is 8. The average molecular weight is 1300 g/mol. The standard InChI is InChI=1S/C62H86Br2N8O12/c1-35(2)25-49-59(77)81-41(11)55(73)67(13)52(28-38(7)8)62(80)84-54(30-44-19-23-46(24-20-44)32-72-34-48(64)40(10)66-72)58(76)70(16)50(26-36(3)4)60(78)82-42(12)56(74)68(14)51(27-37(5)6)61(79)83-53(57(75)69(49)15)29-43-17-21-45(22-18-43)31-71-33-47(63)39(9)65-71/h17-24,33-38,41-42,49-54H,25-32H2,1-16H3/t41-,42-,49+,50+,51+,52+,53-,54-/m1/s1. The Morgan fingerprint density at radius 2 is 0.667 bits per heavy atom. The monoisotopic (exact) mass is 1290 g/mol. The third-order valence-corrected chi connectivity index (χ3v) is 16.4. The van der Waals surface area contributed by atoms with E-state index < -0.39 is 96.1 Å². The van der Waals surface area contributed by atoms with Crippen molar-refractivity contribution < 1.29 is 57.3 Å². The molecule has 4 amide bonds. The molecule has 4 aromatic rings. The van der Waals surface area contributed by atoms with Crippen LogP contribution in [0.3, 0.4) is 0 Å². The summed E-state index contributed by atoms with van der Waals surface area (Å²) in [5, 5.41) is 9.05. The number of likely N-dealkylation sites (N-methyl/N-ethyl adjacent to an activating group) is 4. The van der Waals surface area contributed by atoms with Gasteiger partial charge in [-0.15, -0.1) is 0 Å². The predicted octanol–water partition coefficient (Wildman–Crippen LogP) is 8.30. The molecule has 2 aromatic carbocycles. The van der Waals surface area contributed by atoms with Crippen molar-refractivity contribution in [2.24, 2.45) is 23.7 Å². The number of hydrogen-bond donors (Lipinski definition) is 0. The van der Waals surface area contributed by atoms with Gasteiger partial charge in [-0.3, -0.25) is 28.5 Å². The number of halogens is 2. The Morgan fingerprint density at radius 1 is 0.417 bits per heavy atom. The summed E-state index contributed by atoms with van der Waals surface area (Å²) in [6.07, 6.45) is -2.29. The summed E-state index contributed by atoms with van der Waals surface area (Å²) in [5.41, 5.74) is 4.68. The number of aryl methyl sites for hydroxylation is 2. The third-order valence-electron chi connectivity index (χ3n) is 14.8. The first-order valence-electron chi connectivity index (χ1n) is 28.8. The molecular formula is C62H86Br2N8O12. The van der Waals surface area contributed by atoms with Crippen LogP contribution in [-0.2, 0) is 83.2 Å². The molecule has 460 valence electrons. The predicted molar refractivity (Wildman–Crippen MR) is 323 cm³/mol. The summed E-state index contributed by atoms with van der Waals surface area (Å²) in [6, 6.07) is 9.53. The number of amides is 4. The maximum Gasteiger partial charge on any atom is 0.329 e. The summed E-state index contributed by atoms with van der Waals surface area (Å²) < 4.78 is 29.6. The zero-order valence-corrected chi connectivity index (χ0v) is 54.8. The summed E-state index contributed by atoms with van der Waals surface area (Å²) in [6.45, 7) is 22.2. The van der Waals surface area contributed by atoms with E-state index in [1.165, 1.54) is 42.0 Å². The zero-order chi connectivity index (χ0) is 62.6. The number of aromatic nitrogens is 4. The largest absolute Gasteiger partial charge is 0.451 e. The van der Waals surface area contributed by atoms with Gasteiger partial charge < -0.3 is 38.5 Å². The van der Waals surface area contributed by atoms with Gasteiger partial charge >= 0.3 is 23.9 Å². The van der Waals surface area contributed by atoms with Crippen molar-refractivity contribution in [3.8, 4) is 0 Å². The van der Waals surface area contributed by atoms with Crippen LogP contribution in [0.1, 0.15) is 129 Å². The van der Waals surface area contributed by atoms with Crippen LogP contribution in [0.2, 0.25) is 0 Å². The first-order chi connectivity index (χ1) is 39.3. The summed E-state index contributed by atoms with van der Waals surface area (Å²) in [7, 11) is 5.57. The molecule has 0 N–H and O–H groups in total. The quantitative estimate of drug-likeness (QED) is 0.0761. The van der Waals surface area contributed by atoms with E-state index in [1.807, 2.05) is 106 Å². The van der Waals surface area contributed by atoms with Crippen molar-refractivity contribution in [2.45, 2.75) is 183 Å². The van der Waals surface area contributed by atoms with E-state index in [-0.39, 0.29) is 62.2 Å². The van der Waals surface area contributed by atoms with E-state index in [0.717, 1.165) is 51.1 Å². The van der Waals surface area contributed by atoms with Crippen molar-refractivity contribution in [3.63, 3.8) is 0 Å². The lowest BCUT2D eigenvalue weighted by Gasteiger charge is -2.35. The molecule has 0 aliphatic carbocycles. The number of benzene rings is 2. The normalized spacial score (nSPS) is 22.7. The van der Waals surface area contributed by atoms with E-state index in [9.17, 15) is 28.8 Å². The molecule has 3 heterocycles. The van der Waals surface area contributed by atoms with Gasteiger partial charge in [-0.2, -0.15) is 10.2 Å². The highest BCUT2D eigenvalue weighted by Crippen LogP contribution is 2.26. The number of ether oxygens (including phenoxy) is 4. The van der Waals surface area contributed by atoms with E-state index >= 15 is 9.59 Å². The smallest absolute Gasteiger partial charge is 0.329 e. The Hall–Kier alpha value is -6.42. The highest BCUT2D eigenvalue weighted by atomic mass is 79.9. The van der Waals surface area contributed by atoms with Crippen molar-refractivity contribution >= 4 is 79.4 Å². The lowest BCUT2D eigenvalue weighted by atomic mass is 9.99. The summed E-state index contributed by atoms with van der Waals surface area (Å²) in [4.78, 5) is 122. The minimum atomic E-state index is -1.54. The van der Waals surface area contributed by atoms with E-state index in [0.29, 0.717) is 24.2 Å². The molecule has 0 spiro atoms. The van der Waals surface area contributed by atoms with Crippen LogP contribution >= 0.6 is 31.9 Å². The van der Waals surface area contributed by atoms with Crippen molar-refractivity contribution in [2.75, 3.05) is 28.2 Å². The fraction of sp³-hybridized carbons (Fsp3) is 0.581. The molecule has 0 unspecified atom stereocenters. The minimum absolute atomic E-state index is 0.0783. The SMILES string of the molecule is Cc1nn(Cc2ccc(C[C@H]3OC(=O)[C@H](CC(C)C)N(C)C(=O)[C@@H](C)OC(=O)[C@H](CC(C)C)N(C)C(=O)[C@@H](Cc4ccc(Cn5cc(Br)c(C)n5)cc4)OC(=O)[C@H](CC(C)C)N(C)C(=O)[C@@H](C)OC(=O)[C@H](CC(C)C)N(C)C3=O)cc2)cc1Br. The van der Waals surface area contributed by atoms with Crippen molar-refractivity contribution in [1.82, 2.24) is 39.2 Å². The Bertz CT molecular complexity index is 2690. The van der Waals surface area contributed by atoms with Crippen LogP contribution in [-0.4, -0.2) is 163 Å². The molecule has 1 aliphatic heterocycles. The molecule has 8 atom stereocenters. The maximum absolute atomic E-state index is 15.0. The van der Waals surface area contributed by atoms with Gasteiger partial charge in [0.25, 0.3) is 23.6 Å². The molecule has 2 aromatic heterocycles. The van der Waals surface area contributed by atoms with Crippen molar-refractivity contribution in [1.29, 1.82) is 0 Å². The second-order valence-electron chi connectivity index (χ2n) is 23.9. The van der Waals surface area contributed by atoms with Crippen molar-refractivity contribution in [3.05, 3.63) is 104 Å². The Balaban J connectivity index is 1.59. The number of hydrogen-bond acceptors (Lipinski definition) is 14. The molecule has 0 saturated carbocycles. The number of rotatable bonds is 16. The second kappa shape index (κ2) is 30.6. The van der Waals surface area contributed by atoms with E-state index in [4.69, 9.17) is 18.9 Å². The fourth-order valence-electron chi connectivity index (χ4n) is 9.99. The molecular weight excluding hydrogens is 1210 g/mol. The molecule has 1 aliphatic rings. The number of nitrogens with zero attached hydrogens (tertiary/aromatic N) is 8. The molecule has 5 rings (SSSR count). The molecule has 20 nitrogen and oxygen atoms in total. The van der Waals surface area contributed by atoms with Gasteiger partial charge in [0.05, 0.1) is 33.4 Å². The number of cyclic esters (lactones) is 4. The molecule has 84 heavy (non-hydrogen) atoms. The highest BCUT2D eigenvalue weighted by Gasteiger charge is 2.43.